The van der Waals surface area contributed by atoms with E-state index < -0.39 is 0 Å². The van der Waals surface area contributed by atoms with Crippen molar-refractivity contribution < 1.29 is 0 Å². The second-order valence-corrected chi connectivity index (χ2v) is 5.73. The van der Waals surface area contributed by atoms with Crippen molar-refractivity contribution in [2.75, 3.05) is 19.6 Å². The molecule has 0 saturated carbocycles. The zero-order chi connectivity index (χ0) is 12.5. The fraction of sp³-hybridized carbons (Fsp3) is 1.00. The van der Waals surface area contributed by atoms with E-state index >= 15 is 0 Å². The van der Waals surface area contributed by atoms with Gasteiger partial charge in [-0.15, -0.1) is 0 Å². The van der Waals surface area contributed by atoms with E-state index in [1.807, 2.05) is 0 Å². The Labute approximate surface area is 108 Å². The van der Waals surface area contributed by atoms with Crippen LogP contribution in [-0.2, 0) is 0 Å². The molecule has 1 aliphatic rings. The first kappa shape index (κ1) is 15.0. The maximum absolute atomic E-state index is 3.65. The highest BCUT2D eigenvalue weighted by molar-refractivity contribution is 4.73. The number of piperidine rings is 1. The predicted octanol–water partition coefficient (Wildman–Crippen LogP) is 3.42. The minimum Gasteiger partial charge on any atom is -0.314 e. The van der Waals surface area contributed by atoms with Gasteiger partial charge in [-0.2, -0.15) is 0 Å². The Bertz CT molecular complexity index is 182. The molecular formula is C15H32N2. The van der Waals surface area contributed by atoms with Crippen LogP contribution in [0.2, 0.25) is 0 Å². The van der Waals surface area contributed by atoms with E-state index in [4.69, 9.17) is 0 Å². The van der Waals surface area contributed by atoms with Gasteiger partial charge in [0, 0.05) is 12.1 Å². The molecule has 0 bridgehead atoms. The van der Waals surface area contributed by atoms with Gasteiger partial charge in [0.15, 0.2) is 0 Å². The lowest BCUT2D eigenvalue weighted by Crippen LogP contribution is -2.39. The molecule has 1 fully saturated rings. The van der Waals surface area contributed by atoms with Crippen LogP contribution < -0.4 is 5.32 Å². The lowest BCUT2D eigenvalue weighted by Gasteiger charge is -2.33. The molecule has 2 unspecified atom stereocenters. The van der Waals surface area contributed by atoms with E-state index in [0.29, 0.717) is 6.04 Å². The van der Waals surface area contributed by atoms with Crippen molar-refractivity contribution in [1.29, 1.82) is 0 Å². The number of nitrogens with zero attached hydrogens (tertiary/aromatic N) is 1. The molecule has 0 aromatic carbocycles. The van der Waals surface area contributed by atoms with Gasteiger partial charge in [0.25, 0.3) is 0 Å². The maximum Gasteiger partial charge on any atom is 0.00669 e. The molecule has 1 aliphatic heterocycles. The summed E-state index contributed by atoms with van der Waals surface area (Å²) in [5.41, 5.74) is 0. The van der Waals surface area contributed by atoms with Crippen LogP contribution in [0.4, 0.5) is 0 Å². The first-order valence-electron chi connectivity index (χ1n) is 7.71. The molecule has 1 rings (SSSR count). The van der Waals surface area contributed by atoms with Crippen molar-refractivity contribution in [2.24, 2.45) is 0 Å². The molecule has 2 atom stereocenters. The standard InChI is InChI=1S/C15H32N2/c1-4-5-9-14(2)16-11-8-13-17-12-7-6-10-15(17)3/h14-16H,4-13H2,1-3H3. The highest BCUT2D eigenvalue weighted by Crippen LogP contribution is 2.16. The highest BCUT2D eigenvalue weighted by Gasteiger charge is 2.16. The predicted molar refractivity (Wildman–Crippen MR) is 76.5 cm³/mol. The summed E-state index contributed by atoms with van der Waals surface area (Å²) in [6, 6.07) is 1.52. The Kier molecular flexibility index (Phi) is 7.87. The molecular weight excluding hydrogens is 208 g/mol. The number of nitrogens with one attached hydrogen (secondary N) is 1. The Morgan fingerprint density at radius 1 is 1.29 bits per heavy atom. The third-order valence-corrected chi connectivity index (χ3v) is 4.05. The molecule has 102 valence electrons. The third-order valence-electron chi connectivity index (χ3n) is 4.05. The Hall–Kier alpha value is -0.0800. The number of likely N-dealkylation sites (tertiary alicyclic amines) is 1. The molecule has 1 N–H and O–H groups in total. The molecule has 0 aromatic rings. The summed E-state index contributed by atoms with van der Waals surface area (Å²) in [4.78, 5) is 2.67. The second-order valence-electron chi connectivity index (χ2n) is 5.73. The van der Waals surface area contributed by atoms with E-state index in [2.05, 4.69) is 31.0 Å². The van der Waals surface area contributed by atoms with Crippen LogP contribution in [-0.4, -0.2) is 36.6 Å². The molecule has 0 spiro atoms. The summed E-state index contributed by atoms with van der Waals surface area (Å²) >= 11 is 0. The van der Waals surface area contributed by atoms with Crippen LogP contribution >= 0.6 is 0 Å². The summed E-state index contributed by atoms with van der Waals surface area (Å²) in [5.74, 6) is 0. The lowest BCUT2D eigenvalue weighted by atomic mass is 10.0. The fourth-order valence-electron chi connectivity index (χ4n) is 2.73. The second kappa shape index (κ2) is 8.93. The highest BCUT2D eigenvalue weighted by atomic mass is 15.2. The van der Waals surface area contributed by atoms with Gasteiger partial charge in [-0.1, -0.05) is 26.2 Å². The van der Waals surface area contributed by atoms with Crippen LogP contribution in [0.5, 0.6) is 0 Å². The Morgan fingerprint density at radius 2 is 2.12 bits per heavy atom. The van der Waals surface area contributed by atoms with Crippen molar-refractivity contribution in [3.63, 3.8) is 0 Å². The van der Waals surface area contributed by atoms with Crippen LogP contribution in [0.3, 0.4) is 0 Å². The molecule has 2 nitrogen and oxygen atoms in total. The first-order valence-corrected chi connectivity index (χ1v) is 7.71. The summed E-state index contributed by atoms with van der Waals surface area (Å²) < 4.78 is 0. The van der Waals surface area contributed by atoms with Gasteiger partial charge < -0.3 is 10.2 Å². The topological polar surface area (TPSA) is 15.3 Å². The van der Waals surface area contributed by atoms with Crippen molar-refractivity contribution in [3.05, 3.63) is 0 Å². The van der Waals surface area contributed by atoms with E-state index in [1.54, 1.807) is 0 Å². The minimum absolute atomic E-state index is 0.703. The summed E-state index contributed by atoms with van der Waals surface area (Å²) in [6.45, 7) is 10.8. The van der Waals surface area contributed by atoms with Gasteiger partial charge in [-0.3, -0.25) is 0 Å². The van der Waals surface area contributed by atoms with E-state index in [9.17, 15) is 0 Å². The van der Waals surface area contributed by atoms with Crippen molar-refractivity contribution in [1.82, 2.24) is 10.2 Å². The van der Waals surface area contributed by atoms with Gasteiger partial charge in [0.1, 0.15) is 0 Å². The SMILES string of the molecule is CCCCC(C)NCCCN1CCCCC1C. The molecule has 1 heterocycles. The summed E-state index contributed by atoms with van der Waals surface area (Å²) in [6.07, 6.45) is 9.56. The quantitative estimate of drug-likeness (QED) is 0.654. The van der Waals surface area contributed by atoms with Crippen LogP contribution in [0, 0.1) is 0 Å². The van der Waals surface area contributed by atoms with Gasteiger partial charge in [-0.05, 0) is 59.2 Å². The summed E-state index contributed by atoms with van der Waals surface area (Å²) in [5, 5.41) is 3.65. The Balaban J connectivity index is 1.99. The zero-order valence-electron chi connectivity index (χ0n) is 12.2. The van der Waals surface area contributed by atoms with Gasteiger partial charge in [-0.25, -0.2) is 0 Å². The van der Waals surface area contributed by atoms with Crippen LogP contribution in [0.15, 0.2) is 0 Å². The molecule has 1 saturated heterocycles. The summed E-state index contributed by atoms with van der Waals surface area (Å²) in [7, 11) is 0. The van der Waals surface area contributed by atoms with Crippen molar-refractivity contribution >= 4 is 0 Å². The number of hydrogen-bond donors (Lipinski definition) is 1. The van der Waals surface area contributed by atoms with E-state index in [-0.39, 0.29) is 0 Å². The molecule has 17 heavy (non-hydrogen) atoms. The minimum atomic E-state index is 0.703. The number of unbranched alkanes of at least 4 members (excludes halogenated alkanes) is 1. The third kappa shape index (κ3) is 6.42. The first-order chi connectivity index (χ1) is 8.24. The van der Waals surface area contributed by atoms with E-state index in [1.165, 1.54) is 64.6 Å². The van der Waals surface area contributed by atoms with E-state index in [0.717, 1.165) is 6.04 Å². The lowest BCUT2D eigenvalue weighted by molar-refractivity contribution is 0.158. The normalized spacial score (nSPS) is 23.8. The molecule has 0 aromatic heterocycles. The largest absolute Gasteiger partial charge is 0.314 e. The average Bonchev–Trinajstić information content (AvgIpc) is 2.34. The molecule has 0 aliphatic carbocycles. The van der Waals surface area contributed by atoms with Crippen LogP contribution in [0.1, 0.15) is 65.7 Å². The van der Waals surface area contributed by atoms with Gasteiger partial charge >= 0.3 is 0 Å². The van der Waals surface area contributed by atoms with Crippen molar-refractivity contribution in [2.45, 2.75) is 77.8 Å². The zero-order valence-corrected chi connectivity index (χ0v) is 12.2. The molecule has 0 amide bonds. The molecule has 0 radical (unpaired) electrons. The van der Waals surface area contributed by atoms with Gasteiger partial charge in [0.2, 0.25) is 0 Å². The van der Waals surface area contributed by atoms with Crippen LogP contribution in [0.25, 0.3) is 0 Å². The number of rotatable bonds is 8. The average molecular weight is 240 g/mol. The molecule has 2 heteroatoms. The monoisotopic (exact) mass is 240 g/mol. The fourth-order valence-corrected chi connectivity index (χ4v) is 2.73. The Morgan fingerprint density at radius 3 is 2.82 bits per heavy atom. The smallest absolute Gasteiger partial charge is 0.00669 e. The maximum atomic E-state index is 3.65. The number of hydrogen-bond acceptors (Lipinski definition) is 2. The van der Waals surface area contributed by atoms with Gasteiger partial charge in [0.05, 0.1) is 0 Å². The van der Waals surface area contributed by atoms with Crippen molar-refractivity contribution in [3.8, 4) is 0 Å².